The molecule has 118 valence electrons. The molecule has 1 unspecified atom stereocenters. The molecule has 1 atom stereocenters. The predicted octanol–water partition coefficient (Wildman–Crippen LogP) is 2.53. The number of hydrogen-bond acceptors (Lipinski definition) is 4. The predicted molar refractivity (Wildman–Crippen MR) is 89.2 cm³/mol. The van der Waals surface area contributed by atoms with E-state index in [0.29, 0.717) is 11.4 Å². The second-order valence-electron chi connectivity index (χ2n) is 5.65. The van der Waals surface area contributed by atoms with Gasteiger partial charge in [0.2, 0.25) is 10.0 Å². The molecule has 6 heteroatoms. The van der Waals surface area contributed by atoms with Gasteiger partial charge in [-0.15, -0.1) is 0 Å². The van der Waals surface area contributed by atoms with E-state index in [1.807, 2.05) is 20.0 Å². The fourth-order valence-corrected chi connectivity index (χ4v) is 4.64. The van der Waals surface area contributed by atoms with Crippen molar-refractivity contribution in [2.45, 2.75) is 41.9 Å². The van der Waals surface area contributed by atoms with E-state index in [4.69, 9.17) is 0 Å². The van der Waals surface area contributed by atoms with Gasteiger partial charge in [-0.2, -0.15) is 11.8 Å². The zero-order valence-corrected chi connectivity index (χ0v) is 14.5. The fraction of sp³-hybridized carbons (Fsp3) is 0.600. The van der Waals surface area contributed by atoms with Crippen molar-refractivity contribution in [2.24, 2.45) is 0 Å². The maximum atomic E-state index is 12.5. The van der Waals surface area contributed by atoms with Crippen molar-refractivity contribution < 1.29 is 8.42 Å². The summed E-state index contributed by atoms with van der Waals surface area (Å²) in [5.74, 6) is 0. The molecule has 0 aliphatic heterocycles. The van der Waals surface area contributed by atoms with E-state index in [2.05, 4.69) is 16.3 Å². The van der Waals surface area contributed by atoms with Crippen LogP contribution in [0.5, 0.6) is 0 Å². The first-order chi connectivity index (χ1) is 9.92. The fourth-order valence-electron chi connectivity index (χ4n) is 2.45. The maximum absolute atomic E-state index is 12.5. The van der Waals surface area contributed by atoms with Crippen molar-refractivity contribution in [3.05, 3.63) is 29.8 Å². The Morgan fingerprint density at radius 3 is 2.62 bits per heavy atom. The monoisotopic (exact) mass is 328 g/mol. The average Bonchev–Trinajstić information content (AvgIpc) is 2.46. The third-order valence-corrected chi connectivity index (χ3v) is 7.20. The first kappa shape index (κ1) is 16.8. The number of nitrogens with one attached hydrogen (secondary N) is 2. The zero-order chi connectivity index (χ0) is 15.5. The van der Waals surface area contributed by atoms with Gasteiger partial charge in [0, 0.05) is 17.3 Å². The largest absolute Gasteiger partial charge is 0.313 e. The summed E-state index contributed by atoms with van der Waals surface area (Å²) >= 11 is 1.77. The molecule has 0 bridgehead atoms. The summed E-state index contributed by atoms with van der Waals surface area (Å²) in [6.45, 7) is 2.53. The quantitative estimate of drug-likeness (QED) is 0.807. The normalized spacial score (nSPS) is 19.0. The zero-order valence-electron chi connectivity index (χ0n) is 12.8. The van der Waals surface area contributed by atoms with Crippen molar-refractivity contribution in [3.8, 4) is 0 Å². The molecule has 21 heavy (non-hydrogen) atoms. The molecule has 2 rings (SSSR count). The van der Waals surface area contributed by atoms with E-state index in [0.717, 1.165) is 18.4 Å². The summed E-state index contributed by atoms with van der Waals surface area (Å²) in [5.41, 5.74) is 0.976. The van der Waals surface area contributed by atoms with Crippen molar-refractivity contribution in [1.82, 2.24) is 10.0 Å². The highest BCUT2D eigenvalue weighted by atomic mass is 32.2. The van der Waals surface area contributed by atoms with Gasteiger partial charge in [0.15, 0.2) is 0 Å². The van der Waals surface area contributed by atoms with Crippen molar-refractivity contribution >= 4 is 21.8 Å². The van der Waals surface area contributed by atoms with Crippen molar-refractivity contribution in [1.29, 1.82) is 0 Å². The molecular weight excluding hydrogens is 304 g/mol. The number of thioether (sulfide) groups is 1. The Bertz CT molecular complexity index is 578. The Kier molecular flexibility index (Phi) is 5.35. The molecule has 4 nitrogen and oxygen atoms in total. The van der Waals surface area contributed by atoms with Crippen LogP contribution in [0.4, 0.5) is 0 Å². The molecule has 0 heterocycles. The minimum atomic E-state index is -3.44. The topological polar surface area (TPSA) is 58.2 Å². The average molecular weight is 329 g/mol. The Morgan fingerprint density at radius 2 is 2.10 bits per heavy atom. The summed E-state index contributed by atoms with van der Waals surface area (Å²) in [6, 6.07) is 7.27. The van der Waals surface area contributed by atoms with Crippen LogP contribution in [0.25, 0.3) is 0 Å². The van der Waals surface area contributed by atoms with Gasteiger partial charge in [-0.3, -0.25) is 0 Å². The lowest BCUT2D eigenvalue weighted by molar-refractivity contribution is 0.362. The molecule has 1 aliphatic rings. The van der Waals surface area contributed by atoms with Crippen LogP contribution in [0.1, 0.15) is 37.8 Å². The van der Waals surface area contributed by atoms with E-state index in [-0.39, 0.29) is 10.8 Å². The Morgan fingerprint density at radius 1 is 1.38 bits per heavy atom. The molecule has 1 aromatic rings. The van der Waals surface area contributed by atoms with Gasteiger partial charge >= 0.3 is 0 Å². The van der Waals surface area contributed by atoms with Crippen LogP contribution in [0.3, 0.4) is 0 Å². The molecule has 1 saturated carbocycles. The van der Waals surface area contributed by atoms with Crippen LogP contribution in [0.15, 0.2) is 29.2 Å². The Hall–Kier alpha value is -0.560. The molecule has 0 amide bonds. The summed E-state index contributed by atoms with van der Waals surface area (Å²) in [5, 5.41) is 3.12. The molecular formula is C15H24N2O2S2. The van der Waals surface area contributed by atoms with Gasteiger partial charge < -0.3 is 5.32 Å². The highest BCUT2D eigenvalue weighted by Gasteiger charge is 2.37. The lowest BCUT2D eigenvalue weighted by atomic mass is 9.84. The van der Waals surface area contributed by atoms with E-state index >= 15 is 0 Å². The molecule has 0 saturated heterocycles. The second-order valence-corrected chi connectivity index (χ2v) is 8.69. The number of sulfonamides is 1. The maximum Gasteiger partial charge on any atom is 0.240 e. The van der Waals surface area contributed by atoms with Crippen molar-refractivity contribution in [2.75, 3.05) is 19.8 Å². The first-order valence-electron chi connectivity index (χ1n) is 7.24. The van der Waals surface area contributed by atoms with Crippen LogP contribution in [0.2, 0.25) is 0 Å². The molecule has 1 fully saturated rings. The van der Waals surface area contributed by atoms with Gasteiger partial charge in [-0.05, 0) is 50.8 Å². The van der Waals surface area contributed by atoms with Gasteiger partial charge in [-0.25, -0.2) is 13.1 Å². The van der Waals surface area contributed by atoms with Crippen LogP contribution < -0.4 is 10.0 Å². The van der Waals surface area contributed by atoms with Gasteiger partial charge in [0.1, 0.15) is 0 Å². The summed E-state index contributed by atoms with van der Waals surface area (Å²) < 4.78 is 27.8. The Labute approximate surface area is 132 Å². The number of rotatable bonds is 7. The lowest BCUT2D eigenvalue weighted by Gasteiger charge is -2.40. The Balaban J connectivity index is 2.12. The minimum Gasteiger partial charge on any atom is -0.313 e. The second kappa shape index (κ2) is 6.69. The molecule has 0 aromatic heterocycles. The lowest BCUT2D eigenvalue weighted by Crippen LogP contribution is -2.45. The number of hydrogen-bond donors (Lipinski definition) is 2. The van der Waals surface area contributed by atoms with E-state index in [1.54, 1.807) is 30.0 Å². The minimum absolute atomic E-state index is 0.100. The first-order valence-corrected chi connectivity index (χ1v) is 9.95. The van der Waals surface area contributed by atoms with Crippen LogP contribution in [-0.4, -0.2) is 33.0 Å². The van der Waals surface area contributed by atoms with E-state index in [1.165, 1.54) is 6.42 Å². The van der Waals surface area contributed by atoms with Gasteiger partial charge in [0.05, 0.1) is 4.90 Å². The summed E-state index contributed by atoms with van der Waals surface area (Å²) in [6.07, 6.45) is 5.43. The molecule has 0 radical (unpaired) electrons. The van der Waals surface area contributed by atoms with Gasteiger partial charge in [0.25, 0.3) is 0 Å². The highest BCUT2D eigenvalue weighted by molar-refractivity contribution is 8.00. The van der Waals surface area contributed by atoms with E-state index < -0.39 is 10.0 Å². The number of benzene rings is 1. The highest BCUT2D eigenvalue weighted by Crippen LogP contribution is 2.42. The van der Waals surface area contributed by atoms with Crippen LogP contribution in [0, 0.1) is 0 Å². The molecule has 0 spiro atoms. The summed E-state index contributed by atoms with van der Waals surface area (Å²) in [7, 11) is -1.57. The third-order valence-electron chi connectivity index (χ3n) is 4.38. The SMILES string of the molecule is CNC(C)c1cccc(S(=O)(=O)NCC2(SC)CCC2)c1. The van der Waals surface area contributed by atoms with Crippen LogP contribution >= 0.6 is 11.8 Å². The molecule has 1 aromatic carbocycles. The summed E-state index contributed by atoms with van der Waals surface area (Å²) in [4.78, 5) is 0.345. The molecule has 1 aliphatic carbocycles. The standard InChI is InChI=1S/C15H24N2O2S2/c1-12(16-2)13-6-4-7-14(10-13)21(18,19)17-11-15(20-3)8-5-9-15/h4,6-7,10,12,16-17H,5,8-9,11H2,1-3H3. The van der Waals surface area contributed by atoms with Gasteiger partial charge in [-0.1, -0.05) is 18.6 Å². The van der Waals surface area contributed by atoms with E-state index in [9.17, 15) is 8.42 Å². The van der Waals surface area contributed by atoms with Crippen molar-refractivity contribution in [3.63, 3.8) is 0 Å². The smallest absolute Gasteiger partial charge is 0.240 e. The molecule has 2 N–H and O–H groups in total. The van der Waals surface area contributed by atoms with Crippen LogP contribution in [-0.2, 0) is 10.0 Å². The third kappa shape index (κ3) is 3.80.